The van der Waals surface area contributed by atoms with E-state index in [1.807, 2.05) is 514 Å². The molecule has 6 aromatic carbocycles. The minimum absolute atomic E-state index is 0.500. The Bertz CT molecular complexity index is 2870. The summed E-state index contributed by atoms with van der Waals surface area (Å²) in [7, 11) is 0. The minimum Gasteiger partial charge on any atom is -0.365 e. The number of hydrogen-bond donors (Lipinski definition) is 3. The molecule has 0 radical (unpaired) electrons. The van der Waals surface area contributed by atoms with Crippen LogP contribution in [0.3, 0.4) is 0 Å². The van der Waals surface area contributed by atoms with Gasteiger partial charge in [0.25, 0.3) is 0 Å². The number of hydrogen-bond acceptors (Lipinski definition) is 18. The number of rotatable bonds is 0. The molecule has 0 atom stereocenters. The zero-order chi connectivity index (χ0) is 111. The second kappa shape index (κ2) is 188. The summed E-state index contributed by atoms with van der Waals surface area (Å²) in [6.45, 7) is 104. The number of aromatic nitrogens is 10. The summed E-state index contributed by atoms with van der Waals surface area (Å²) in [6.07, 6.45) is 24.9. The van der Waals surface area contributed by atoms with E-state index in [0.717, 1.165) is 91.1 Å². The Hall–Kier alpha value is -8.82. The summed E-state index contributed by atoms with van der Waals surface area (Å²) in [5.74, 6) is 2.76. The third kappa shape index (κ3) is 123. The lowest BCUT2D eigenvalue weighted by molar-refractivity contribution is 0.0692. The zero-order valence-electron chi connectivity index (χ0n) is 99.4. The molecule has 804 valence electrons. The van der Waals surface area contributed by atoms with Crippen molar-refractivity contribution in [3.8, 4) is 0 Å². The Balaban J connectivity index is -0.0000000695. The third-order valence-electron chi connectivity index (χ3n) is 13.1. The number of para-hydroxylation sites is 2. The van der Waals surface area contributed by atoms with Gasteiger partial charge in [0, 0.05) is 108 Å². The molecular formula is C121H225N13O3S2. The van der Waals surface area contributed by atoms with E-state index in [2.05, 4.69) is 127 Å². The van der Waals surface area contributed by atoms with Crippen molar-refractivity contribution in [3.05, 3.63) is 268 Å². The van der Waals surface area contributed by atoms with Gasteiger partial charge in [-0.05, 0) is 82.2 Å². The maximum absolute atomic E-state index is 4.83. The van der Waals surface area contributed by atoms with Crippen molar-refractivity contribution in [2.45, 2.75) is 364 Å². The number of nitrogens with one attached hydrogen (secondary N) is 3. The summed E-state index contributed by atoms with van der Waals surface area (Å²) in [5, 5.41) is 35.1. The van der Waals surface area contributed by atoms with Crippen molar-refractivity contribution in [2.75, 3.05) is 76.2 Å². The molecule has 139 heavy (non-hydrogen) atoms. The van der Waals surface area contributed by atoms with Crippen molar-refractivity contribution in [1.29, 1.82) is 0 Å². The average Bonchev–Trinajstić information content (AvgIpc) is 1.81. The molecule has 16 nitrogen and oxygen atoms in total. The molecule has 18 heteroatoms. The van der Waals surface area contributed by atoms with Gasteiger partial charge in [-0.1, -0.05) is 510 Å². The molecule has 7 aromatic heterocycles. The largest absolute Gasteiger partial charge is 0.365 e. The molecule has 4 saturated heterocycles. The first-order valence-corrected chi connectivity index (χ1v) is 56.8. The lowest BCUT2D eigenvalue weighted by atomic mass is 10.1. The van der Waals surface area contributed by atoms with Crippen molar-refractivity contribution in [1.82, 2.24) is 66.2 Å². The predicted octanol–water partition coefficient (Wildman–Crippen LogP) is 39.4. The molecule has 5 fully saturated rings. The molecule has 0 spiro atoms. The lowest BCUT2D eigenvalue weighted by Crippen LogP contribution is -2.11. The Morgan fingerprint density at radius 3 is 0.748 bits per heavy atom. The number of thioether (sulfide) groups is 2. The van der Waals surface area contributed by atoms with Gasteiger partial charge >= 0.3 is 0 Å². The van der Waals surface area contributed by atoms with Crippen LogP contribution >= 0.6 is 23.5 Å². The smallest absolute Gasteiger partial charge is 0.181 e. The molecule has 0 amide bonds. The van der Waals surface area contributed by atoms with Crippen LogP contribution in [0, 0.1) is 0 Å². The van der Waals surface area contributed by atoms with E-state index in [1.165, 1.54) is 70.2 Å². The SMILES string of the molecule is C1CCCC1.C1CNCN1.C1COCN1.C1COCO1.C1CSCS1.CC.CC.CC.CC.CC.CC.CC.CC.CC.CC.CC.CC.CC.CC.CC.CC.CC.CC.CC.CC.CC.CC.CC.CC.c1ccc2ccccc2c1.c1ccc2cnccc2c1.c1ccc2cnncc2c1.c1ccc2nccnc2c1.c1ccccc1.c1cnc2ncccc2c1.c1cnc2nnccc2c1. The van der Waals surface area contributed by atoms with Crippen LogP contribution in [0.15, 0.2) is 268 Å². The van der Waals surface area contributed by atoms with Crippen LogP contribution < -0.4 is 16.0 Å². The first-order valence-electron chi connectivity index (χ1n) is 54.5. The second-order valence-corrected chi connectivity index (χ2v) is 22.3. The highest BCUT2D eigenvalue weighted by Crippen LogP contribution is 2.20. The number of benzene rings is 6. The van der Waals surface area contributed by atoms with Gasteiger partial charge in [-0.25, -0.2) is 15.0 Å². The summed E-state index contributed by atoms with van der Waals surface area (Å²) < 4.78 is 14.3. The predicted molar refractivity (Wildman–Crippen MR) is 650 cm³/mol. The van der Waals surface area contributed by atoms with Crippen molar-refractivity contribution in [2.24, 2.45) is 0 Å². The highest BCUT2D eigenvalue weighted by Gasteiger charge is 1.98. The van der Waals surface area contributed by atoms with E-state index in [-0.39, 0.29) is 0 Å². The summed E-state index contributed by atoms with van der Waals surface area (Å²) >= 11 is 4.07. The van der Waals surface area contributed by atoms with E-state index in [4.69, 9.17) is 14.2 Å². The molecule has 1 aliphatic carbocycles. The highest BCUT2D eigenvalue weighted by molar-refractivity contribution is 8.19. The van der Waals surface area contributed by atoms with E-state index in [0.29, 0.717) is 12.4 Å². The molecule has 4 aliphatic heterocycles. The number of ether oxygens (including phenoxy) is 3. The molecule has 3 N–H and O–H groups in total. The number of nitrogens with zero attached hydrogens (tertiary/aromatic N) is 10. The van der Waals surface area contributed by atoms with Crippen LogP contribution in [-0.4, -0.2) is 127 Å². The summed E-state index contributed by atoms with van der Waals surface area (Å²) in [4.78, 5) is 24.4. The molecule has 1 saturated carbocycles. The average molecular weight is 1970 g/mol. The zero-order valence-corrected chi connectivity index (χ0v) is 101. The van der Waals surface area contributed by atoms with Crippen LogP contribution in [0.4, 0.5) is 0 Å². The first kappa shape index (κ1) is 173. The maximum Gasteiger partial charge on any atom is 0.181 e. The number of pyridine rings is 4. The summed E-state index contributed by atoms with van der Waals surface area (Å²) in [5.41, 5.74) is 3.41. The molecule has 13 aromatic rings. The van der Waals surface area contributed by atoms with Gasteiger partial charge < -0.3 is 24.8 Å². The minimum atomic E-state index is 0.500. The lowest BCUT2D eigenvalue weighted by Gasteiger charge is -1.92. The topological polar surface area (TPSA) is 193 Å². The highest BCUT2D eigenvalue weighted by atomic mass is 32.2. The normalized spacial score (nSPS) is 10.0. The van der Waals surface area contributed by atoms with Gasteiger partial charge in [-0.15, -0.1) is 5.10 Å². The third-order valence-corrected chi connectivity index (χ3v) is 15.6. The molecule has 11 heterocycles. The van der Waals surface area contributed by atoms with Gasteiger partial charge in [0.1, 0.15) is 6.79 Å². The van der Waals surface area contributed by atoms with Gasteiger partial charge in [0.05, 0.1) is 56.2 Å². The molecule has 0 unspecified atom stereocenters. The quantitative estimate of drug-likeness (QED) is 0.130. The van der Waals surface area contributed by atoms with Crippen molar-refractivity contribution >= 4 is 88.9 Å². The van der Waals surface area contributed by atoms with Crippen LogP contribution in [-0.2, 0) is 14.2 Å². The van der Waals surface area contributed by atoms with Crippen LogP contribution in [0.5, 0.6) is 0 Å². The fraction of sp³-hybridized carbons (Fsp3) is 0.537. The summed E-state index contributed by atoms with van der Waals surface area (Å²) in [6, 6.07) is 68.3. The van der Waals surface area contributed by atoms with E-state index in [9.17, 15) is 0 Å². The molecule has 5 aliphatic rings. The molecule has 0 bridgehead atoms. The van der Waals surface area contributed by atoms with Gasteiger partial charge in [0.2, 0.25) is 0 Å². The van der Waals surface area contributed by atoms with Crippen LogP contribution in [0.2, 0.25) is 0 Å². The van der Waals surface area contributed by atoms with Crippen molar-refractivity contribution < 1.29 is 14.2 Å². The van der Waals surface area contributed by atoms with Crippen LogP contribution in [0.25, 0.3) is 65.4 Å². The van der Waals surface area contributed by atoms with Crippen LogP contribution in [0.1, 0.15) is 364 Å². The monoisotopic (exact) mass is 1970 g/mol. The second-order valence-electron chi connectivity index (χ2n) is 19.8. The molecule has 18 rings (SSSR count). The van der Waals surface area contributed by atoms with Crippen molar-refractivity contribution in [3.63, 3.8) is 0 Å². The van der Waals surface area contributed by atoms with Gasteiger partial charge in [0.15, 0.2) is 11.3 Å². The van der Waals surface area contributed by atoms with E-state index >= 15 is 0 Å². The standard InChI is InChI=1S/C10H8.C9H7N.3C8H6N2.C7H5N3.C6H6.C5H10.C3H8N2.C3H7NO.C3H6O2.C3H6S2.24C2H6/c1-2-6-10-8-4-3-7-9(10)5-1;1-2-4-9-7-10-6-5-8(9)3-1;1-3-7-4-2-6-10-8(7)9-5-1;1-2-4-8-6-10-9-5-7(8)3-1;1-2-4-8-7(3-1)9-5-6-10-8;1-2-6-3-5-9-10-7(6)8-4-1;1-2-4-6-5-3-1;1-2-4-5-3-1;4*1-2-5-3-4-1;24*1-2/h1-8H;1-7H;3*1-6H;1-5H;1-6H;1-5H2;4-5H,1-3H2;4H,1-3H2;2*1-3H2;24*1-2H3. The Morgan fingerprint density at radius 1 is 0.223 bits per heavy atom. The Morgan fingerprint density at radius 2 is 0.504 bits per heavy atom. The van der Waals surface area contributed by atoms with Gasteiger partial charge in [-0.2, -0.15) is 38.8 Å². The Kier molecular flexibility index (Phi) is 234. The van der Waals surface area contributed by atoms with Gasteiger partial charge in [-0.3, -0.25) is 20.3 Å². The Labute approximate surface area is 872 Å². The fourth-order valence-electron chi connectivity index (χ4n) is 8.40. The van der Waals surface area contributed by atoms with E-state index < -0.39 is 0 Å². The first-order chi connectivity index (χ1) is 69.3. The molecular weight excluding hydrogens is 1750 g/mol. The van der Waals surface area contributed by atoms with E-state index in [1.54, 1.807) is 49.6 Å². The maximum atomic E-state index is 4.83. The number of fused-ring (bicyclic) bond motifs is 6. The fourth-order valence-corrected chi connectivity index (χ4v) is 10.8.